The number of carbonyl (C=O) groups excluding carboxylic acids is 1. The molecule has 1 atom stereocenters. The number of thioether (sulfide) groups is 1. The van der Waals surface area contributed by atoms with Crippen LogP contribution in [-0.4, -0.2) is 47.6 Å². The number of hydrogen-bond acceptors (Lipinski definition) is 5. The number of carbonyl (C=O) groups is 1. The van der Waals surface area contributed by atoms with Crippen molar-refractivity contribution in [1.82, 2.24) is 14.8 Å². The van der Waals surface area contributed by atoms with Crippen molar-refractivity contribution in [3.63, 3.8) is 0 Å². The van der Waals surface area contributed by atoms with Crippen molar-refractivity contribution in [3.8, 4) is 5.75 Å². The van der Waals surface area contributed by atoms with E-state index in [0.29, 0.717) is 16.5 Å². The third-order valence-electron chi connectivity index (χ3n) is 4.67. The number of halogens is 1. The van der Waals surface area contributed by atoms with Gasteiger partial charge < -0.3 is 19.5 Å². The summed E-state index contributed by atoms with van der Waals surface area (Å²) < 4.78 is 7.45. The Morgan fingerprint density at radius 2 is 2.10 bits per heavy atom. The van der Waals surface area contributed by atoms with Gasteiger partial charge in [0, 0.05) is 18.0 Å². The molecule has 0 aliphatic heterocycles. The lowest BCUT2D eigenvalue weighted by Gasteiger charge is -2.20. The van der Waals surface area contributed by atoms with E-state index in [4.69, 9.17) is 16.3 Å². The largest absolute Gasteiger partial charge is 0.495 e. The highest BCUT2D eigenvalue weighted by atomic mass is 35.5. The first-order chi connectivity index (χ1) is 13.9. The standard InChI is InChI=1S/C20H30ClN5O2S/c1-6-8-11-26-19(16(7-2)25(3)4)23-24-20(26)29-13-18(27)22-15-12-14(21)9-10-17(15)28-5/h9-10,12,16H,6-8,11,13H2,1-5H3,(H,22,27)/p+1/t16-/m1/s1. The zero-order chi connectivity index (χ0) is 21.4. The molecule has 1 amide bonds. The van der Waals surface area contributed by atoms with Gasteiger partial charge in [-0.3, -0.25) is 4.79 Å². The average molecular weight is 441 g/mol. The van der Waals surface area contributed by atoms with Gasteiger partial charge in [-0.25, -0.2) is 0 Å². The van der Waals surface area contributed by atoms with E-state index in [1.165, 1.54) is 16.7 Å². The van der Waals surface area contributed by atoms with Gasteiger partial charge in [-0.15, -0.1) is 10.2 Å². The molecule has 1 heterocycles. The Morgan fingerprint density at radius 1 is 1.34 bits per heavy atom. The summed E-state index contributed by atoms with van der Waals surface area (Å²) in [4.78, 5) is 13.8. The maximum absolute atomic E-state index is 12.5. The number of unbranched alkanes of at least 4 members (excludes halogenated alkanes) is 1. The molecule has 0 bridgehead atoms. The summed E-state index contributed by atoms with van der Waals surface area (Å²) in [6.45, 7) is 5.18. The second-order valence-corrected chi connectivity index (χ2v) is 8.44. The van der Waals surface area contributed by atoms with E-state index in [2.05, 4.69) is 48.0 Å². The lowest BCUT2D eigenvalue weighted by atomic mass is 10.2. The van der Waals surface area contributed by atoms with E-state index in [-0.39, 0.29) is 17.7 Å². The summed E-state index contributed by atoms with van der Waals surface area (Å²) in [7, 11) is 5.82. The van der Waals surface area contributed by atoms with Gasteiger partial charge in [0.05, 0.1) is 32.6 Å². The Balaban J connectivity index is 2.12. The van der Waals surface area contributed by atoms with E-state index in [0.717, 1.165) is 36.8 Å². The van der Waals surface area contributed by atoms with Crippen molar-refractivity contribution in [3.05, 3.63) is 29.0 Å². The molecule has 0 unspecified atom stereocenters. The molecular weight excluding hydrogens is 410 g/mol. The van der Waals surface area contributed by atoms with Crippen molar-refractivity contribution < 1.29 is 14.4 Å². The SMILES string of the molecule is CCCCn1c(SCC(=O)Nc2cc(Cl)ccc2OC)nnc1[C@@H](CC)[NH+](C)C. The Morgan fingerprint density at radius 3 is 2.72 bits per heavy atom. The van der Waals surface area contributed by atoms with Crippen molar-refractivity contribution >= 4 is 35.0 Å². The molecule has 0 radical (unpaired) electrons. The molecule has 1 aromatic carbocycles. The second kappa shape index (κ2) is 11.4. The lowest BCUT2D eigenvalue weighted by Crippen LogP contribution is -3.06. The van der Waals surface area contributed by atoms with E-state index in [1.807, 2.05) is 0 Å². The molecule has 160 valence electrons. The minimum atomic E-state index is -0.146. The molecule has 0 fully saturated rings. The smallest absolute Gasteiger partial charge is 0.234 e. The van der Waals surface area contributed by atoms with Crippen LogP contribution in [-0.2, 0) is 11.3 Å². The van der Waals surface area contributed by atoms with Gasteiger partial charge >= 0.3 is 0 Å². The Hall–Kier alpha value is -1.77. The molecule has 0 saturated carbocycles. The van der Waals surface area contributed by atoms with Gasteiger partial charge in [-0.2, -0.15) is 0 Å². The first-order valence-electron chi connectivity index (χ1n) is 9.90. The fourth-order valence-electron chi connectivity index (χ4n) is 3.13. The molecule has 9 heteroatoms. The zero-order valence-electron chi connectivity index (χ0n) is 17.8. The Kier molecular flexibility index (Phi) is 9.26. The van der Waals surface area contributed by atoms with Crippen LogP contribution in [0.25, 0.3) is 0 Å². The maximum Gasteiger partial charge on any atom is 0.234 e. The monoisotopic (exact) mass is 440 g/mol. The summed E-state index contributed by atoms with van der Waals surface area (Å²) >= 11 is 7.43. The molecule has 2 N–H and O–H groups in total. The third kappa shape index (κ3) is 6.35. The van der Waals surface area contributed by atoms with Crippen LogP contribution in [0.2, 0.25) is 5.02 Å². The Bertz CT molecular complexity index is 812. The first-order valence-corrected chi connectivity index (χ1v) is 11.3. The van der Waals surface area contributed by atoms with E-state index < -0.39 is 0 Å². The van der Waals surface area contributed by atoms with Crippen LogP contribution in [0.5, 0.6) is 5.75 Å². The van der Waals surface area contributed by atoms with E-state index >= 15 is 0 Å². The molecule has 29 heavy (non-hydrogen) atoms. The molecule has 2 rings (SSSR count). The van der Waals surface area contributed by atoms with Gasteiger partial charge in [0.15, 0.2) is 11.0 Å². The molecule has 0 saturated heterocycles. The van der Waals surface area contributed by atoms with Gasteiger partial charge in [-0.1, -0.05) is 43.6 Å². The van der Waals surface area contributed by atoms with Gasteiger partial charge in [-0.05, 0) is 24.6 Å². The second-order valence-electron chi connectivity index (χ2n) is 7.07. The van der Waals surface area contributed by atoms with Crippen molar-refractivity contribution in [1.29, 1.82) is 0 Å². The van der Waals surface area contributed by atoms with Crippen LogP contribution < -0.4 is 15.0 Å². The fourth-order valence-corrected chi connectivity index (χ4v) is 4.08. The molecular formula is C20H31ClN5O2S+. The quantitative estimate of drug-likeness (QED) is 0.525. The van der Waals surface area contributed by atoms with E-state index in [9.17, 15) is 4.79 Å². The number of ether oxygens (including phenoxy) is 1. The number of quaternary nitrogens is 1. The number of nitrogens with zero attached hydrogens (tertiary/aromatic N) is 3. The molecule has 2 aromatic rings. The van der Waals surface area contributed by atoms with Crippen molar-refractivity contribution in [2.24, 2.45) is 0 Å². The summed E-state index contributed by atoms with van der Waals surface area (Å²) in [5.41, 5.74) is 0.556. The predicted molar refractivity (Wildman–Crippen MR) is 118 cm³/mol. The number of rotatable bonds is 11. The minimum Gasteiger partial charge on any atom is -0.495 e. The number of aromatic nitrogens is 3. The minimum absolute atomic E-state index is 0.146. The number of nitrogens with one attached hydrogen (secondary N) is 2. The average Bonchev–Trinajstić information content (AvgIpc) is 3.07. The van der Waals surface area contributed by atoms with Crippen LogP contribution in [0.4, 0.5) is 5.69 Å². The number of anilines is 1. The molecule has 0 aliphatic carbocycles. The molecule has 1 aromatic heterocycles. The van der Waals surface area contributed by atoms with Crippen LogP contribution in [0.3, 0.4) is 0 Å². The number of hydrogen-bond donors (Lipinski definition) is 2. The van der Waals surface area contributed by atoms with Crippen molar-refractivity contribution in [2.75, 3.05) is 32.3 Å². The lowest BCUT2D eigenvalue weighted by molar-refractivity contribution is -0.893. The number of amides is 1. The third-order valence-corrected chi connectivity index (χ3v) is 5.87. The predicted octanol–water partition coefficient (Wildman–Crippen LogP) is 3.07. The number of methoxy groups -OCH3 is 1. The van der Waals surface area contributed by atoms with Crippen molar-refractivity contribution in [2.45, 2.75) is 50.9 Å². The highest BCUT2D eigenvalue weighted by Gasteiger charge is 2.25. The summed E-state index contributed by atoms with van der Waals surface area (Å²) in [6.07, 6.45) is 3.11. The molecule has 0 aliphatic rings. The molecule has 0 spiro atoms. The topological polar surface area (TPSA) is 73.5 Å². The fraction of sp³-hybridized carbons (Fsp3) is 0.550. The summed E-state index contributed by atoms with van der Waals surface area (Å²) in [6, 6.07) is 5.40. The van der Waals surface area contributed by atoms with Gasteiger partial charge in [0.25, 0.3) is 0 Å². The highest BCUT2D eigenvalue weighted by molar-refractivity contribution is 7.99. The zero-order valence-corrected chi connectivity index (χ0v) is 19.4. The number of benzene rings is 1. The van der Waals surface area contributed by atoms with Crippen LogP contribution in [0, 0.1) is 0 Å². The normalized spacial score (nSPS) is 12.2. The maximum atomic E-state index is 12.5. The van der Waals surface area contributed by atoms with E-state index in [1.54, 1.807) is 25.3 Å². The van der Waals surface area contributed by atoms with Crippen LogP contribution in [0.1, 0.15) is 45.0 Å². The summed E-state index contributed by atoms with van der Waals surface area (Å²) in [5, 5.41) is 13.0. The van der Waals surface area contributed by atoms with Crippen LogP contribution in [0.15, 0.2) is 23.4 Å². The van der Waals surface area contributed by atoms with Gasteiger partial charge in [0.2, 0.25) is 5.91 Å². The van der Waals surface area contributed by atoms with Crippen LogP contribution >= 0.6 is 23.4 Å². The Labute approximate surface area is 182 Å². The molecule has 7 nitrogen and oxygen atoms in total. The van der Waals surface area contributed by atoms with Gasteiger partial charge in [0.1, 0.15) is 11.8 Å². The summed E-state index contributed by atoms with van der Waals surface area (Å²) in [5.74, 6) is 1.64. The highest BCUT2D eigenvalue weighted by Crippen LogP contribution is 2.28. The first kappa shape index (κ1) is 23.5.